The molecule has 1 aliphatic carbocycles. The maximum Gasteiger partial charge on any atom is 0.303 e. The van der Waals surface area contributed by atoms with Gasteiger partial charge in [-0.05, 0) is 54.5 Å². The lowest BCUT2D eigenvalue weighted by Crippen LogP contribution is -2.24. The summed E-state index contributed by atoms with van der Waals surface area (Å²) in [6, 6.07) is 17.8. The van der Waals surface area contributed by atoms with E-state index in [1.165, 1.54) is 22.3 Å². The van der Waals surface area contributed by atoms with E-state index in [0.717, 1.165) is 45.1 Å². The van der Waals surface area contributed by atoms with Gasteiger partial charge in [0.05, 0.1) is 6.04 Å². The van der Waals surface area contributed by atoms with E-state index in [1.807, 2.05) is 0 Å². The molecule has 0 spiro atoms. The molecule has 1 aliphatic rings. The fourth-order valence-corrected chi connectivity index (χ4v) is 3.74. The number of halogens is 1. The molecule has 140 valence electrons. The van der Waals surface area contributed by atoms with Crippen LogP contribution in [0.1, 0.15) is 60.4 Å². The molecule has 0 aromatic heterocycles. The fraction of sp³-hybridized carbons (Fsp3) is 0.409. The predicted octanol–water partition coefficient (Wildman–Crippen LogP) is 4.92. The second-order valence-corrected chi connectivity index (χ2v) is 6.84. The number of hydrogen-bond acceptors (Lipinski definition) is 2. The van der Waals surface area contributed by atoms with E-state index in [4.69, 9.17) is 5.11 Å². The van der Waals surface area contributed by atoms with Gasteiger partial charge in [0.1, 0.15) is 0 Å². The van der Waals surface area contributed by atoms with Crippen LogP contribution in [0.4, 0.5) is 0 Å². The first-order chi connectivity index (χ1) is 12.3. The Kier molecular flexibility index (Phi) is 8.14. The number of benzene rings is 2. The molecule has 2 aromatic rings. The zero-order valence-electron chi connectivity index (χ0n) is 15.1. The molecular formula is C22H28ClNO2. The number of hydrogen-bond donors (Lipinski definition) is 2. The topological polar surface area (TPSA) is 49.3 Å². The van der Waals surface area contributed by atoms with E-state index in [2.05, 4.69) is 53.8 Å². The molecule has 4 heteroatoms. The summed E-state index contributed by atoms with van der Waals surface area (Å²) in [7, 11) is 0. The van der Waals surface area contributed by atoms with Crippen LogP contribution in [-0.4, -0.2) is 17.6 Å². The first kappa shape index (κ1) is 20.5. The van der Waals surface area contributed by atoms with Gasteiger partial charge in [-0.25, -0.2) is 0 Å². The Morgan fingerprint density at radius 1 is 0.885 bits per heavy atom. The van der Waals surface area contributed by atoms with Gasteiger partial charge in [-0.15, -0.1) is 12.4 Å². The predicted molar refractivity (Wildman–Crippen MR) is 108 cm³/mol. The Labute approximate surface area is 162 Å². The molecular weight excluding hydrogens is 346 g/mol. The minimum Gasteiger partial charge on any atom is -0.481 e. The molecule has 0 heterocycles. The highest BCUT2D eigenvalue weighted by Gasteiger charge is 2.22. The van der Waals surface area contributed by atoms with Crippen LogP contribution in [-0.2, 0) is 17.6 Å². The van der Waals surface area contributed by atoms with Crippen molar-refractivity contribution in [3.63, 3.8) is 0 Å². The van der Waals surface area contributed by atoms with Crippen molar-refractivity contribution >= 4 is 18.4 Å². The Hall–Kier alpha value is -1.84. The third kappa shape index (κ3) is 5.33. The van der Waals surface area contributed by atoms with Crippen LogP contribution < -0.4 is 5.32 Å². The number of carbonyl (C=O) groups is 1. The lowest BCUT2D eigenvalue weighted by molar-refractivity contribution is -0.137. The average molecular weight is 374 g/mol. The molecule has 26 heavy (non-hydrogen) atoms. The fourth-order valence-electron chi connectivity index (χ4n) is 3.74. The zero-order valence-corrected chi connectivity index (χ0v) is 15.9. The highest BCUT2D eigenvalue weighted by molar-refractivity contribution is 5.85. The van der Waals surface area contributed by atoms with Crippen LogP contribution in [0.2, 0.25) is 0 Å². The van der Waals surface area contributed by atoms with Crippen molar-refractivity contribution in [1.29, 1.82) is 0 Å². The smallest absolute Gasteiger partial charge is 0.303 e. The molecule has 0 unspecified atom stereocenters. The maximum absolute atomic E-state index is 10.5. The summed E-state index contributed by atoms with van der Waals surface area (Å²) >= 11 is 0. The number of aryl methyl sites for hydroxylation is 2. The first-order valence-corrected chi connectivity index (χ1v) is 9.36. The third-order valence-corrected chi connectivity index (χ3v) is 5.06. The van der Waals surface area contributed by atoms with Crippen LogP contribution in [0.3, 0.4) is 0 Å². The van der Waals surface area contributed by atoms with E-state index >= 15 is 0 Å². The molecule has 3 nitrogen and oxygen atoms in total. The Bertz CT molecular complexity index is 669. The summed E-state index contributed by atoms with van der Waals surface area (Å²) in [5.74, 6) is -0.690. The van der Waals surface area contributed by atoms with Crippen molar-refractivity contribution in [2.45, 2.75) is 51.0 Å². The second kappa shape index (κ2) is 10.3. The Balaban J connectivity index is 0.00000243. The molecule has 0 fully saturated rings. The van der Waals surface area contributed by atoms with Gasteiger partial charge in [0, 0.05) is 6.42 Å². The molecule has 0 radical (unpaired) electrons. The average Bonchev–Trinajstić information content (AvgIpc) is 2.78. The largest absolute Gasteiger partial charge is 0.481 e. The lowest BCUT2D eigenvalue weighted by atomic mass is 9.94. The van der Waals surface area contributed by atoms with Gasteiger partial charge >= 0.3 is 5.97 Å². The van der Waals surface area contributed by atoms with Gasteiger partial charge < -0.3 is 10.4 Å². The van der Waals surface area contributed by atoms with Crippen molar-refractivity contribution < 1.29 is 9.90 Å². The SMILES string of the molecule is Cl.O=C(O)CCCCCCNC1c2ccccc2CCc2ccccc21. The van der Waals surface area contributed by atoms with Gasteiger partial charge in [-0.2, -0.15) is 0 Å². The van der Waals surface area contributed by atoms with E-state index in [1.54, 1.807) is 0 Å². The molecule has 2 aromatic carbocycles. The van der Waals surface area contributed by atoms with Gasteiger partial charge in [-0.1, -0.05) is 61.4 Å². The number of rotatable bonds is 8. The molecule has 0 saturated heterocycles. The van der Waals surface area contributed by atoms with Crippen LogP contribution in [0.5, 0.6) is 0 Å². The first-order valence-electron chi connectivity index (χ1n) is 9.36. The highest BCUT2D eigenvalue weighted by Crippen LogP contribution is 2.32. The Morgan fingerprint density at radius 3 is 2.00 bits per heavy atom. The molecule has 0 bridgehead atoms. The van der Waals surface area contributed by atoms with Gasteiger partial charge in [0.25, 0.3) is 0 Å². The van der Waals surface area contributed by atoms with Crippen LogP contribution in [0.25, 0.3) is 0 Å². The lowest BCUT2D eigenvalue weighted by Gasteiger charge is -2.22. The van der Waals surface area contributed by atoms with E-state index in [0.29, 0.717) is 0 Å². The third-order valence-electron chi connectivity index (χ3n) is 5.06. The second-order valence-electron chi connectivity index (χ2n) is 6.84. The highest BCUT2D eigenvalue weighted by atomic mass is 35.5. The monoisotopic (exact) mass is 373 g/mol. The minimum atomic E-state index is -0.690. The minimum absolute atomic E-state index is 0. The van der Waals surface area contributed by atoms with Crippen molar-refractivity contribution in [3.05, 3.63) is 70.8 Å². The van der Waals surface area contributed by atoms with Crippen molar-refractivity contribution in [3.8, 4) is 0 Å². The standard InChI is InChI=1S/C22H27NO2.ClH/c24-21(25)13-3-1-2-8-16-23-22-19-11-6-4-9-17(19)14-15-18-10-5-7-12-20(18)22;/h4-7,9-12,22-23H,1-3,8,13-16H2,(H,24,25);1H. The molecule has 0 amide bonds. The summed E-state index contributed by atoms with van der Waals surface area (Å²) < 4.78 is 0. The quantitative estimate of drug-likeness (QED) is 0.645. The maximum atomic E-state index is 10.5. The zero-order chi connectivity index (χ0) is 17.5. The number of carboxylic acids is 1. The summed E-state index contributed by atoms with van der Waals surface area (Å²) in [5.41, 5.74) is 5.69. The number of fused-ring (bicyclic) bond motifs is 2. The molecule has 0 saturated carbocycles. The van der Waals surface area contributed by atoms with E-state index in [-0.39, 0.29) is 24.9 Å². The van der Waals surface area contributed by atoms with Crippen LogP contribution in [0, 0.1) is 0 Å². The van der Waals surface area contributed by atoms with Gasteiger partial charge in [0.2, 0.25) is 0 Å². The molecule has 0 aliphatic heterocycles. The number of unbranched alkanes of at least 4 members (excludes halogenated alkanes) is 3. The van der Waals surface area contributed by atoms with Gasteiger partial charge in [-0.3, -0.25) is 4.79 Å². The molecule has 3 rings (SSSR count). The van der Waals surface area contributed by atoms with Gasteiger partial charge in [0.15, 0.2) is 0 Å². The number of carboxylic acid groups (broad SMARTS) is 1. The van der Waals surface area contributed by atoms with E-state index < -0.39 is 5.97 Å². The summed E-state index contributed by atoms with van der Waals surface area (Å²) in [5, 5.41) is 12.4. The van der Waals surface area contributed by atoms with Crippen LogP contribution in [0.15, 0.2) is 48.5 Å². The van der Waals surface area contributed by atoms with Crippen LogP contribution >= 0.6 is 12.4 Å². The summed E-state index contributed by atoms with van der Waals surface area (Å²) in [6.07, 6.45) is 6.42. The molecule has 0 atom stereocenters. The Morgan fingerprint density at radius 2 is 1.42 bits per heavy atom. The van der Waals surface area contributed by atoms with Crippen molar-refractivity contribution in [2.24, 2.45) is 0 Å². The number of nitrogens with one attached hydrogen (secondary N) is 1. The van der Waals surface area contributed by atoms with Crippen molar-refractivity contribution in [1.82, 2.24) is 5.32 Å². The summed E-state index contributed by atoms with van der Waals surface area (Å²) in [6.45, 7) is 0.959. The van der Waals surface area contributed by atoms with E-state index in [9.17, 15) is 4.79 Å². The summed E-state index contributed by atoms with van der Waals surface area (Å²) in [4.78, 5) is 10.5. The number of aliphatic carboxylic acids is 1. The molecule has 2 N–H and O–H groups in total. The van der Waals surface area contributed by atoms with Crippen molar-refractivity contribution in [2.75, 3.05) is 6.54 Å². The normalized spacial score (nSPS) is 13.2.